The number of halogens is 3. The Morgan fingerprint density at radius 3 is 2.42 bits per heavy atom. The number of nitrogens with zero attached hydrogens (tertiary/aromatic N) is 3. The zero-order valence-electron chi connectivity index (χ0n) is 19.2. The molecule has 0 bridgehead atoms. The number of alkyl halides is 3. The van der Waals surface area contributed by atoms with Gasteiger partial charge in [-0.25, -0.2) is 0 Å². The van der Waals surface area contributed by atoms with Crippen molar-refractivity contribution in [3.05, 3.63) is 120 Å². The van der Waals surface area contributed by atoms with Crippen LogP contribution in [-0.4, -0.2) is 20.7 Å². The van der Waals surface area contributed by atoms with E-state index in [1.54, 1.807) is 18.2 Å². The average Bonchev–Trinajstić information content (AvgIpc) is 3.24. The Morgan fingerprint density at radius 2 is 1.72 bits per heavy atom. The second-order valence-corrected chi connectivity index (χ2v) is 8.92. The van der Waals surface area contributed by atoms with Crippen LogP contribution in [0.25, 0.3) is 0 Å². The number of anilines is 1. The van der Waals surface area contributed by atoms with Crippen molar-refractivity contribution in [3.63, 3.8) is 0 Å². The Hall–Kier alpha value is -3.85. The lowest BCUT2D eigenvalue weighted by atomic mass is 10.1. The predicted molar refractivity (Wildman–Crippen MR) is 135 cm³/mol. The van der Waals surface area contributed by atoms with E-state index < -0.39 is 17.6 Å². The molecule has 3 aromatic carbocycles. The summed E-state index contributed by atoms with van der Waals surface area (Å²) in [7, 11) is 0. The van der Waals surface area contributed by atoms with Crippen LogP contribution < -0.4 is 5.32 Å². The molecule has 0 spiro atoms. The number of benzene rings is 3. The molecule has 0 radical (unpaired) electrons. The van der Waals surface area contributed by atoms with Crippen LogP contribution in [0.1, 0.15) is 32.9 Å². The Balaban J connectivity index is 1.39. The van der Waals surface area contributed by atoms with Gasteiger partial charge >= 0.3 is 6.18 Å². The maximum Gasteiger partial charge on any atom is 0.416 e. The van der Waals surface area contributed by atoms with E-state index in [0.717, 1.165) is 34.2 Å². The molecule has 9 heteroatoms. The molecule has 184 valence electrons. The number of rotatable bonds is 9. The van der Waals surface area contributed by atoms with Crippen LogP contribution in [0.4, 0.5) is 18.9 Å². The molecule has 1 heterocycles. The van der Waals surface area contributed by atoms with Crippen molar-refractivity contribution in [3.8, 4) is 0 Å². The molecule has 0 fully saturated rings. The molecule has 5 nitrogen and oxygen atoms in total. The maximum absolute atomic E-state index is 12.9. The summed E-state index contributed by atoms with van der Waals surface area (Å²) < 4.78 is 40.7. The molecule has 1 amide bonds. The fourth-order valence-electron chi connectivity index (χ4n) is 3.52. The summed E-state index contributed by atoms with van der Waals surface area (Å²) in [6.07, 6.45) is -2.00. The first kappa shape index (κ1) is 25.2. The highest BCUT2D eigenvalue weighted by atomic mass is 32.2. The van der Waals surface area contributed by atoms with E-state index in [1.807, 2.05) is 47.0 Å². The van der Waals surface area contributed by atoms with Crippen LogP contribution in [0, 0.1) is 0 Å². The first-order valence-electron chi connectivity index (χ1n) is 11.1. The van der Waals surface area contributed by atoms with E-state index in [1.165, 1.54) is 23.9 Å². The molecular weight excluding hydrogens is 485 g/mol. The zero-order valence-corrected chi connectivity index (χ0v) is 20.0. The molecule has 4 rings (SSSR count). The summed E-state index contributed by atoms with van der Waals surface area (Å²) in [5, 5.41) is 12.0. The maximum atomic E-state index is 12.9. The SMILES string of the molecule is C=CCn1c(Cc2ccccc2)nnc1SCc1ccc(C(=O)Nc2cccc(C(F)(F)F)c2)cc1. The van der Waals surface area contributed by atoms with Gasteiger partial charge in [-0.3, -0.25) is 4.79 Å². The minimum absolute atomic E-state index is 0.0855. The monoisotopic (exact) mass is 508 g/mol. The predicted octanol–water partition coefficient (Wildman–Crippen LogP) is 6.62. The van der Waals surface area contributed by atoms with Gasteiger partial charge in [-0.2, -0.15) is 13.2 Å². The summed E-state index contributed by atoms with van der Waals surface area (Å²) in [4.78, 5) is 12.5. The van der Waals surface area contributed by atoms with Gasteiger partial charge in [0.2, 0.25) is 0 Å². The molecule has 0 saturated carbocycles. The highest BCUT2D eigenvalue weighted by Gasteiger charge is 2.30. The average molecular weight is 509 g/mol. The largest absolute Gasteiger partial charge is 0.416 e. The van der Waals surface area contributed by atoms with Gasteiger partial charge in [-0.1, -0.05) is 66.4 Å². The second kappa shape index (κ2) is 11.3. The van der Waals surface area contributed by atoms with Crippen molar-refractivity contribution < 1.29 is 18.0 Å². The van der Waals surface area contributed by atoms with E-state index in [4.69, 9.17) is 0 Å². The smallest absolute Gasteiger partial charge is 0.322 e. The van der Waals surface area contributed by atoms with Crippen LogP contribution in [0.5, 0.6) is 0 Å². The van der Waals surface area contributed by atoms with Gasteiger partial charge in [-0.15, -0.1) is 16.8 Å². The number of hydrogen-bond donors (Lipinski definition) is 1. The summed E-state index contributed by atoms with van der Waals surface area (Å²) in [5.41, 5.74) is 1.73. The first-order chi connectivity index (χ1) is 17.3. The number of hydrogen-bond acceptors (Lipinski definition) is 4. The van der Waals surface area contributed by atoms with Gasteiger partial charge in [0.05, 0.1) is 5.56 Å². The number of nitrogens with one attached hydrogen (secondary N) is 1. The highest BCUT2D eigenvalue weighted by molar-refractivity contribution is 7.98. The number of carbonyl (C=O) groups excluding carboxylic acids is 1. The summed E-state index contributed by atoms with van der Waals surface area (Å²) in [6.45, 7) is 4.43. The zero-order chi connectivity index (χ0) is 25.5. The molecule has 0 saturated heterocycles. The Morgan fingerprint density at radius 1 is 0.972 bits per heavy atom. The summed E-state index contributed by atoms with van der Waals surface area (Å²) in [5.74, 6) is 0.978. The van der Waals surface area contributed by atoms with Crippen LogP contribution in [-0.2, 0) is 24.9 Å². The van der Waals surface area contributed by atoms with Crippen molar-refractivity contribution in [1.29, 1.82) is 0 Å². The third kappa shape index (κ3) is 6.42. The van der Waals surface area contributed by atoms with Crippen molar-refractivity contribution >= 4 is 23.4 Å². The number of allylic oxidation sites excluding steroid dienone is 1. The third-order valence-corrected chi connectivity index (χ3v) is 6.38. The summed E-state index contributed by atoms with van der Waals surface area (Å²) >= 11 is 1.53. The van der Waals surface area contributed by atoms with Crippen LogP contribution in [0.3, 0.4) is 0 Å². The minimum atomic E-state index is -4.47. The fraction of sp³-hybridized carbons (Fsp3) is 0.148. The van der Waals surface area contributed by atoms with E-state index in [9.17, 15) is 18.0 Å². The number of aromatic nitrogens is 3. The van der Waals surface area contributed by atoms with Crippen molar-refractivity contribution in [2.45, 2.75) is 30.1 Å². The Bertz CT molecular complexity index is 1340. The lowest BCUT2D eigenvalue weighted by molar-refractivity contribution is -0.137. The molecule has 1 aromatic heterocycles. The van der Waals surface area contributed by atoms with E-state index >= 15 is 0 Å². The molecule has 0 unspecified atom stereocenters. The topological polar surface area (TPSA) is 59.8 Å². The second-order valence-electron chi connectivity index (χ2n) is 7.98. The van der Waals surface area contributed by atoms with Crippen molar-refractivity contribution in [2.24, 2.45) is 0 Å². The normalized spacial score (nSPS) is 11.3. The van der Waals surface area contributed by atoms with Gasteiger partial charge in [0.25, 0.3) is 5.91 Å². The van der Waals surface area contributed by atoms with Crippen LogP contribution in [0.15, 0.2) is 96.7 Å². The van der Waals surface area contributed by atoms with Crippen LogP contribution in [0.2, 0.25) is 0 Å². The summed E-state index contributed by atoms with van der Waals surface area (Å²) in [6, 6.07) is 21.5. The van der Waals surface area contributed by atoms with Crippen molar-refractivity contribution in [1.82, 2.24) is 14.8 Å². The molecule has 1 N–H and O–H groups in total. The molecule has 0 aliphatic carbocycles. The first-order valence-corrected chi connectivity index (χ1v) is 12.1. The van der Waals surface area contributed by atoms with Gasteiger partial charge in [0.1, 0.15) is 5.82 Å². The number of thioether (sulfide) groups is 1. The quantitative estimate of drug-likeness (QED) is 0.204. The molecule has 36 heavy (non-hydrogen) atoms. The minimum Gasteiger partial charge on any atom is -0.322 e. The standard InChI is InChI=1S/C27H23F3N4OS/c1-2-15-34-24(16-19-7-4-3-5-8-19)32-33-26(34)36-18-20-11-13-21(14-12-20)25(35)31-23-10-6-9-22(17-23)27(28,29)30/h2-14,17H,1,15-16,18H2,(H,31,35). The third-order valence-electron chi connectivity index (χ3n) is 5.34. The molecule has 0 atom stereocenters. The molecule has 0 aliphatic heterocycles. The number of carbonyl (C=O) groups is 1. The Labute approximate surface area is 211 Å². The van der Waals surface area contributed by atoms with Gasteiger partial charge < -0.3 is 9.88 Å². The molecular formula is C27H23F3N4OS. The Kier molecular flexibility index (Phi) is 7.90. The van der Waals surface area contributed by atoms with Crippen LogP contribution >= 0.6 is 11.8 Å². The van der Waals surface area contributed by atoms with E-state index in [0.29, 0.717) is 24.3 Å². The number of amides is 1. The fourth-order valence-corrected chi connectivity index (χ4v) is 4.45. The highest BCUT2D eigenvalue weighted by Crippen LogP contribution is 2.31. The van der Waals surface area contributed by atoms with Gasteiger partial charge in [0.15, 0.2) is 5.16 Å². The lowest BCUT2D eigenvalue weighted by Crippen LogP contribution is -2.13. The van der Waals surface area contributed by atoms with E-state index in [-0.39, 0.29) is 5.69 Å². The lowest BCUT2D eigenvalue weighted by Gasteiger charge is -2.10. The molecule has 4 aromatic rings. The van der Waals surface area contributed by atoms with E-state index in [2.05, 4.69) is 22.1 Å². The van der Waals surface area contributed by atoms with Crippen molar-refractivity contribution in [2.75, 3.05) is 5.32 Å². The molecule has 0 aliphatic rings. The van der Waals surface area contributed by atoms with Gasteiger partial charge in [-0.05, 0) is 41.5 Å². The van der Waals surface area contributed by atoms with Gasteiger partial charge in [0, 0.05) is 30.0 Å².